The van der Waals surface area contributed by atoms with Crippen molar-refractivity contribution < 1.29 is 9.53 Å². The first-order chi connectivity index (χ1) is 11.4. The van der Waals surface area contributed by atoms with E-state index in [0.29, 0.717) is 42.8 Å². The number of morpholine rings is 1. The lowest BCUT2D eigenvalue weighted by Gasteiger charge is -2.34. The molecule has 0 saturated carbocycles. The minimum Gasteiger partial charge on any atom is -0.384 e. The Kier molecular flexibility index (Phi) is 4.17. The van der Waals surface area contributed by atoms with Crippen molar-refractivity contribution >= 4 is 23.4 Å². The van der Waals surface area contributed by atoms with Crippen LogP contribution in [0, 0.1) is 0 Å². The Morgan fingerprint density at radius 2 is 1.96 bits per heavy atom. The van der Waals surface area contributed by atoms with Gasteiger partial charge in [0.1, 0.15) is 23.1 Å². The summed E-state index contributed by atoms with van der Waals surface area (Å²) in [6.07, 6.45) is 0. The predicted molar refractivity (Wildman–Crippen MR) is 90.2 cm³/mol. The molecule has 9 nitrogen and oxygen atoms in total. The van der Waals surface area contributed by atoms with E-state index in [-0.39, 0.29) is 17.6 Å². The zero-order valence-electron chi connectivity index (χ0n) is 13.3. The van der Waals surface area contributed by atoms with Crippen LogP contribution >= 0.6 is 0 Å². The van der Waals surface area contributed by atoms with Crippen molar-refractivity contribution in [3.8, 4) is 11.4 Å². The van der Waals surface area contributed by atoms with Crippen LogP contribution in [0.5, 0.6) is 0 Å². The second kappa shape index (κ2) is 6.28. The molecule has 1 amide bonds. The molecular weight excluding hydrogens is 310 g/mol. The average molecular weight is 329 g/mol. The first kappa shape index (κ1) is 15.9. The Bertz CT molecular complexity index is 780. The first-order valence-electron chi connectivity index (χ1n) is 7.50. The number of nitrogen functional groups attached to an aromatic ring is 2. The molecule has 2 aromatic heterocycles. The highest BCUT2D eigenvalue weighted by Gasteiger charge is 2.21. The number of hydrogen-bond donors (Lipinski definition) is 3. The maximum Gasteiger partial charge on any atom is 0.267 e. The van der Waals surface area contributed by atoms with Crippen molar-refractivity contribution in [3.05, 3.63) is 23.9 Å². The standard InChI is InChI=1S/C15H19N7O2/c1-8-7-24-3-2-22(8)13-6-12(17)20-15(21-13)9-4-10(14(18)23)19-11(16)5-9/h4-6,8H,2-3,7H2,1H3,(H2,16,19)(H2,18,23)(H2,17,20,21). The molecule has 0 bridgehead atoms. The van der Waals surface area contributed by atoms with Crippen molar-refractivity contribution in [2.45, 2.75) is 13.0 Å². The van der Waals surface area contributed by atoms with E-state index >= 15 is 0 Å². The lowest BCUT2D eigenvalue weighted by Crippen LogP contribution is -2.44. The highest BCUT2D eigenvalue weighted by molar-refractivity contribution is 5.92. The van der Waals surface area contributed by atoms with Gasteiger partial charge in [-0.15, -0.1) is 0 Å². The summed E-state index contributed by atoms with van der Waals surface area (Å²) in [5, 5.41) is 0. The Morgan fingerprint density at radius 3 is 2.67 bits per heavy atom. The van der Waals surface area contributed by atoms with Gasteiger partial charge in [0.2, 0.25) is 0 Å². The normalized spacial score (nSPS) is 17.7. The highest BCUT2D eigenvalue weighted by atomic mass is 16.5. The molecule has 1 fully saturated rings. The van der Waals surface area contributed by atoms with Gasteiger partial charge in [-0.05, 0) is 19.1 Å². The monoisotopic (exact) mass is 329 g/mol. The van der Waals surface area contributed by atoms with Crippen molar-refractivity contribution in [1.29, 1.82) is 0 Å². The van der Waals surface area contributed by atoms with Crippen molar-refractivity contribution in [2.75, 3.05) is 36.1 Å². The van der Waals surface area contributed by atoms with E-state index in [1.54, 1.807) is 12.1 Å². The minimum absolute atomic E-state index is 0.0531. The molecule has 1 aliphatic heterocycles. The molecule has 3 heterocycles. The van der Waals surface area contributed by atoms with E-state index in [4.69, 9.17) is 21.9 Å². The fraction of sp³-hybridized carbons (Fsp3) is 0.333. The summed E-state index contributed by atoms with van der Waals surface area (Å²) in [5.41, 5.74) is 17.5. The SMILES string of the molecule is CC1COCCN1c1cc(N)nc(-c2cc(N)nc(C(N)=O)c2)n1. The first-order valence-corrected chi connectivity index (χ1v) is 7.50. The highest BCUT2D eigenvalue weighted by Crippen LogP contribution is 2.25. The van der Waals surface area contributed by atoms with Gasteiger partial charge >= 0.3 is 0 Å². The van der Waals surface area contributed by atoms with Gasteiger partial charge in [-0.25, -0.2) is 15.0 Å². The third-order valence-electron chi connectivity index (χ3n) is 3.75. The van der Waals surface area contributed by atoms with Crippen LogP contribution in [0.3, 0.4) is 0 Å². The summed E-state index contributed by atoms with van der Waals surface area (Å²) in [7, 11) is 0. The van der Waals surface area contributed by atoms with Crippen LogP contribution in [0.2, 0.25) is 0 Å². The Morgan fingerprint density at radius 1 is 1.21 bits per heavy atom. The van der Waals surface area contributed by atoms with Crippen LogP contribution in [0.25, 0.3) is 11.4 Å². The molecule has 3 rings (SSSR count). The number of anilines is 3. The van der Waals surface area contributed by atoms with E-state index in [2.05, 4.69) is 19.9 Å². The third-order valence-corrected chi connectivity index (χ3v) is 3.75. The van der Waals surface area contributed by atoms with Crippen LogP contribution < -0.4 is 22.1 Å². The number of nitrogens with zero attached hydrogens (tertiary/aromatic N) is 4. The zero-order valence-corrected chi connectivity index (χ0v) is 13.3. The smallest absolute Gasteiger partial charge is 0.267 e. The zero-order chi connectivity index (χ0) is 17.3. The third kappa shape index (κ3) is 3.20. The second-order valence-electron chi connectivity index (χ2n) is 5.62. The number of amides is 1. The lowest BCUT2D eigenvalue weighted by atomic mass is 10.2. The van der Waals surface area contributed by atoms with E-state index < -0.39 is 5.91 Å². The number of rotatable bonds is 3. The summed E-state index contributed by atoms with van der Waals surface area (Å²) in [6, 6.07) is 4.96. The Labute approximate surface area is 138 Å². The number of primary amides is 1. The quantitative estimate of drug-likeness (QED) is 0.714. The molecule has 2 aromatic rings. The molecule has 1 unspecified atom stereocenters. The van der Waals surface area contributed by atoms with Gasteiger partial charge in [0.05, 0.1) is 19.3 Å². The van der Waals surface area contributed by atoms with Gasteiger partial charge in [-0.2, -0.15) is 0 Å². The Hall–Kier alpha value is -2.94. The van der Waals surface area contributed by atoms with Gasteiger partial charge in [-0.1, -0.05) is 0 Å². The van der Waals surface area contributed by atoms with Crippen LogP contribution in [0.4, 0.5) is 17.5 Å². The average Bonchev–Trinajstić information content (AvgIpc) is 2.54. The molecule has 9 heteroatoms. The maximum absolute atomic E-state index is 11.4. The topological polar surface area (TPSA) is 146 Å². The number of carbonyl (C=O) groups excluding carboxylic acids is 1. The molecule has 1 saturated heterocycles. The summed E-state index contributed by atoms with van der Waals surface area (Å²) >= 11 is 0. The van der Waals surface area contributed by atoms with Crippen molar-refractivity contribution in [2.24, 2.45) is 5.73 Å². The molecule has 0 spiro atoms. The molecule has 1 atom stereocenters. The van der Waals surface area contributed by atoms with Crippen molar-refractivity contribution in [3.63, 3.8) is 0 Å². The van der Waals surface area contributed by atoms with Crippen LogP contribution in [0.15, 0.2) is 18.2 Å². The van der Waals surface area contributed by atoms with Crippen molar-refractivity contribution in [1.82, 2.24) is 15.0 Å². The van der Waals surface area contributed by atoms with Gasteiger partial charge in [0.25, 0.3) is 5.91 Å². The molecule has 0 radical (unpaired) electrons. The summed E-state index contributed by atoms with van der Waals surface area (Å²) in [4.78, 5) is 26.2. The molecule has 1 aliphatic rings. The molecule has 0 aromatic carbocycles. The van der Waals surface area contributed by atoms with E-state index in [1.165, 1.54) is 6.07 Å². The lowest BCUT2D eigenvalue weighted by molar-refractivity contribution is 0.0985. The molecular formula is C15H19N7O2. The molecule has 6 N–H and O–H groups in total. The van der Waals surface area contributed by atoms with Gasteiger partial charge in [0, 0.05) is 18.2 Å². The van der Waals surface area contributed by atoms with Crippen LogP contribution in [-0.4, -0.2) is 46.7 Å². The molecule has 126 valence electrons. The predicted octanol–water partition coefficient (Wildman–Crippen LogP) is 0.0270. The number of aromatic nitrogens is 3. The van der Waals surface area contributed by atoms with Crippen LogP contribution in [-0.2, 0) is 4.74 Å². The van der Waals surface area contributed by atoms with E-state index in [0.717, 1.165) is 0 Å². The summed E-state index contributed by atoms with van der Waals surface area (Å²) in [5.74, 6) is 0.873. The fourth-order valence-electron chi connectivity index (χ4n) is 2.60. The molecule has 24 heavy (non-hydrogen) atoms. The second-order valence-corrected chi connectivity index (χ2v) is 5.62. The maximum atomic E-state index is 11.4. The number of pyridine rings is 1. The fourth-order valence-corrected chi connectivity index (χ4v) is 2.60. The summed E-state index contributed by atoms with van der Waals surface area (Å²) < 4.78 is 5.44. The van der Waals surface area contributed by atoms with E-state index in [9.17, 15) is 4.79 Å². The van der Waals surface area contributed by atoms with Gasteiger partial charge in [-0.3, -0.25) is 4.79 Å². The molecule has 0 aliphatic carbocycles. The van der Waals surface area contributed by atoms with Crippen LogP contribution in [0.1, 0.15) is 17.4 Å². The number of nitrogens with two attached hydrogens (primary N) is 3. The largest absolute Gasteiger partial charge is 0.384 e. The van der Waals surface area contributed by atoms with Gasteiger partial charge < -0.3 is 26.8 Å². The number of hydrogen-bond acceptors (Lipinski definition) is 8. The number of ether oxygens (including phenoxy) is 1. The van der Waals surface area contributed by atoms with E-state index in [1.807, 2.05) is 6.92 Å². The number of carbonyl (C=O) groups is 1. The minimum atomic E-state index is -0.672. The van der Waals surface area contributed by atoms with Gasteiger partial charge in [0.15, 0.2) is 5.82 Å². The Balaban J connectivity index is 2.04. The summed E-state index contributed by atoms with van der Waals surface area (Å²) in [6.45, 7) is 4.00.